The van der Waals surface area contributed by atoms with Crippen molar-refractivity contribution >= 4 is 35.8 Å². The molecule has 0 aliphatic carbocycles. The van der Waals surface area contributed by atoms with Crippen LogP contribution in [0.15, 0.2) is 23.3 Å². The second-order valence-electron chi connectivity index (χ2n) is 6.74. The van der Waals surface area contributed by atoms with Gasteiger partial charge in [0.1, 0.15) is 5.82 Å². The largest absolute Gasteiger partial charge is 0.381 e. The zero-order valence-corrected chi connectivity index (χ0v) is 19.2. The van der Waals surface area contributed by atoms with Crippen molar-refractivity contribution in [1.82, 2.24) is 15.6 Å². The van der Waals surface area contributed by atoms with E-state index in [4.69, 9.17) is 4.74 Å². The summed E-state index contributed by atoms with van der Waals surface area (Å²) in [7, 11) is 1.80. The molecule has 1 aromatic heterocycles. The number of piperidine rings is 1. The number of guanidine groups is 1. The Morgan fingerprint density at radius 2 is 1.96 bits per heavy atom. The summed E-state index contributed by atoms with van der Waals surface area (Å²) in [6.07, 6.45) is 9.09. The monoisotopic (exact) mass is 489 g/mol. The third kappa shape index (κ3) is 9.60. The van der Waals surface area contributed by atoms with Crippen molar-refractivity contribution in [3.05, 3.63) is 23.9 Å². The van der Waals surface area contributed by atoms with E-state index in [1.807, 2.05) is 6.20 Å². The van der Waals surface area contributed by atoms with Crippen LogP contribution >= 0.6 is 24.0 Å². The third-order valence-corrected chi connectivity index (χ3v) is 4.57. The number of nitrogens with one attached hydrogen (secondary N) is 2. The van der Waals surface area contributed by atoms with Crippen molar-refractivity contribution in [3.8, 4) is 0 Å². The molecule has 0 aromatic carbocycles. The average Bonchev–Trinajstić information content (AvgIpc) is 2.70. The predicted octanol–water partition coefficient (Wildman–Crippen LogP) is 3.56. The van der Waals surface area contributed by atoms with Crippen molar-refractivity contribution in [2.45, 2.75) is 52.0 Å². The van der Waals surface area contributed by atoms with Gasteiger partial charge in [0.15, 0.2) is 5.96 Å². The van der Waals surface area contributed by atoms with Gasteiger partial charge in [-0.2, -0.15) is 0 Å². The Kier molecular flexibility index (Phi) is 13.2. The molecule has 1 fully saturated rings. The maximum Gasteiger partial charge on any atom is 0.191 e. The van der Waals surface area contributed by atoms with Crippen LogP contribution in [0.1, 0.15) is 51.0 Å². The molecule has 154 valence electrons. The Labute approximate surface area is 181 Å². The Bertz CT molecular complexity index is 535. The van der Waals surface area contributed by atoms with Crippen molar-refractivity contribution < 1.29 is 4.74 Å². The van der Waals surface area contributed by atoms with Crippen LogP contribution in [0.3, 0.4) is 0 Å². The number of hydrogen-bond acceptors (Lipinski definition) is 4. The molecule has 0 bridgehead atoms. The molecule has 0 radical (unpaired) electrons. The lowest BCUT2D eigenvalue weighted by Crippen LogP contribution is -2.37. The predicted molar refractivity (Wildman–Crippen MR) is 124 cm³/mol. The Morgan fingerprint density at radius 3 is 2.70 bits per heavy atom. The molecular formula is C20H36IN5O. The minimum absolute atomic E-state index is 0. The number of rotatable bonds is 10. The molecule has 0 atom stereocenters. The fourth-order valence-corrected chi connectivity index (χ4v) is 3.00. The standard InChI is InChI=1S/C20H35N5O.HI/c1-3-4-14-26-15-8-10-23-20(21-2)24-17-18-9-11-22-19(16-18)25-12-6-5-7-13-25;/h9,11,16H,3-8,10,12-15,17H2,1-2H3,(H2,21,23,24);1H. The normalized spacial score (nSPS) is 14.6. The van der Waals surface area contributed by atoms with Crippen LogP contribution < -0.4 is 15.5 Å². The number of pyridine rings is 1. The van der Waals surface area contributed by atoms with Gasteiger partial charge in [0.25, 0.3) is 0 Å². The summed E-state index contributed by atoms with van der Waals surface area (Å²) in [5.74, 6) is 1.92. The molecule has 27 heavy (non-hydrogen) atoms. The van der Waals surface area contributed by atoms with E-state index in [0.29, 0.717) is 0 Å². The van der Waals surface area contributed by atoms with Crippen molar-refractivity contribution in [1.29, 1.82) is 0 Å². The number of halogens is 1. The summed E-state index contributed by atoms with van der Waals surface area (Å²) in [4.78, 5) is 11.2. The highest BCUT2D eigenvalue weighted by Crippen LogP contribution is 2.18. The molecule has 0 amide bonds. The van der Waals surface area contributed by atoms with Crippen LogP contribution in [0.25, 0.3) is 0 Å². The molecule has 1 aliphatic rings. The molecule has 1 saturated heterocycles. The lowest BCUT2D eigenvalue weighted by atomic mass is 10.1. The highest BCUT2D eigenvalue weighted by atomic mass is 127. The first-order valence-electron chi connectivity index (χ1n) is 10.1. The molecule has 2 rings (SSSR count). The fraction of sp³-hybridized carbons (Fsp3) is 0.700. The average molecular weight is 489 g/mol. The van der Waals surface area contributed by atoms with Gasteiger partial charge in [0, 0.05) is 52.6 Å². The van der Waals surface area contributed by atoms with Gasteiger partial charge >= 0.3 is 0 Å². The zero-order chi connectivity index (χ0) is 18.5. The van der Waals surface area contributed by atoms with E-state index < -0.39 is 0 Å². The number of aromatic nitrogens is 1. The molecule has 1 aromatic rings. The van der Waals surface area contributed by atoms with Gasteiger partial charge in [-0.15, -0.1) is 24.0 Å². The first-order chi connectivity index (χ1) is 12.8. The van der Waals surface area contributed by atoms with Crippen LogP contribution in [0.5, 0.6) is 0 Å². The van der Waals surface area contributed by atoms with Gasteiger partial charge in [0.05, 0.1) is 0 Å². The highest BCUT2D eigenvalue weighted by Gasteiger charge is 2.12. The SMILES string of the molecule is CCCCOCCCNC(=NC)NCc1ccnc(N2CCCCC2)c1.I. The van der Waals surface area contributed by atoms with E-state index in [2.05, 4.69) is 44.6 Å². The van der Waals surface area contributed by atoms with Gasteiger partial charge < -0.3 is 20.3 Å². The van der Waals surface area contributed by atoms with Gasteiger partial charge in [0.2, 0.25) is 0 Å². The van der Waals surface area contributed by atoms with E-state index in [0.717, 1.165) is 64.0 Å². The Morgan fingerprint density at radius 1 is 1.19 bits per heavy atom. The lowest BCUT2D eigenvalue weighted by molar-refractivity contribution is 0.129. The van der Waals surface area contributed by atoms with Gasteiger partial charge in [-0.1, -0.05) is 13.3 Å². The summed E-state index contributed by atoms with van der Waals surface area (Å²) < 4.78 is 5.58. The molecule has 0 spiro atoms. The molecule has 2 N–H and O–H groups in total. The smallest absolute Gasteiger partial charge is 0.191 e. The van der Waals surface area contributed by atoms with Crippen LogP contribution in [0, 0.1) is 0 Å². The second kappa shape index (κ2) is 14.9. The first kappa shape index (κ1) is 23.9. The molecule has 0 saturated carbocycles. The lowest BCUT2D eigenvalue weighted by Gasteiger charge is -2.28. The minimum Gasteiger partial charge on any atom is -0.381 e. The highest BCUT2D eigenvalue weighted by molar-refractivity contribution is 14.0. The summed E-state index contributed by atoms with van der Waals surface area (Å²) in [5.41, 5.74) is 1.23. The minimum atomic E-state index is 0. The number of anilines is 1. The van der Waals surface area contributed by atoms with Gasteiger partial charge in [-0.25, -0.2) is 4.98 Å². The summed E-state index contributed by atoms with van der Waals surface area (Å²) in [6.45, 7) is 7.69. The van der Waals surface area contributed by atoms with Crippen molar-refractivity contribution in [2.24, 2.45) is 4.99 Å². The maximum atomic E-state index is 5.58. The van der Waals surface area contributed by atoms with Gasteiger partial charge in [-0.05, 0) is 49.8 Å². The summed E-state index contributed by atoms with van der Waals surface area (Å²) in [6, 6.07) is 4.25. The van der Waals surface area contributed by atoms with E-state index in [-0.39, 0.29) is 24.0 Å². The molecular weight excluding hydrogens is 453 g/mol. The number of ether oxygens (including phenoxy) is 1. The topological polar surface area (TPSA) is 61.8 Å². The fourth-order valence-electron chi connectivity index (χ4n) is 3.00. The first-order valence-corrected chi connectivity index (χ1v) is 10.1. The zero-order valence-electron chi connectivity index (χ0n) is 16.9. The number of unbranched alkanes of at least 4 members (excludes halogenated alkanes) is 1. The quantitative estimate of drug-likeness (QED) is 0.228. The Hall–Kier alpha value is -1.09. The third-order valence-electron chi connectivity index (χ3n) is 4.57. The second-order valence-corrected chi connectivity index (χ2v) is 6.74. The van der Waals surface area contributed by atoms with E-state index >= 15 is 0 Å². The van der Waals surface area contributed by atoms with Crippen LogP contribution in [0.2, 0.25) is 0 Å². The maximum absolute atomic E-state index is 5.58. The molecule has 6 nitrogen and oxygen atoms in total. The number of hydrogen-bond donors (Lipinski definition) is 2. The van der Waals surface area contributed by atoms with Gasteiger partial charge in [-0.3, -0.25) is 4.99 Å². The van der Waals surface area contributed by atoms with E-state index in [1.165, 1.54) is 31.2 Å². The van der Waals surface area contributed by atoms with Crippen LogP contribution in [0.4, 0.5) is 5.82 Å². The summed E-state index contributed by atoms with van der Waals surface area (Å²) >= 11 is 0. The summed E-state index contributed by atoms with van der Waals surface area (Å²) in [5, 5.41) is 6.72. The van der Waals surface area contributed by atoms with E-state index in [9.17, 15) is 0 Å². The Balaban J connectivity index is 0.00000364. The van der Waals surface area contributed by atoms with Crippen molar-refractivity contribution in [3.63, 3.8) is 0 Å². The molecule has 1 aliphatic heterocycles. The van der Waals surface area contributed by atoms with Crippen molar-refractivity contribution in [2.75, 3.05) is 44.8 Å². The number of nitrogens with zero attached hydrogens (tertiary/aromatic N) is 3. The molecule has 2 heterocycles. The molecule has 7 heteroatoms. The number of aliphatic imine (C=N–C) groups is 1. The van der Waals surface area contributed by atoms with E-state index in [1.54, 1.807) is 7.05 Å². The molecule has 0 unspecified atom stereocenters. The van der Waals surface area contributed by atoms with Crippen LogP contribution in [-0.4, -0.2) is 50.8 Å². The van der Waals surface area contributed by atoms with Crippen LogP contribution in [-0.2, 0) is 11.3 Å².